The second-order valence-electron chi connectivity index (χ2n) is 3.08. The lowest BCUT2D eigenvalue weighted by Gasteiger charge is -2.09. The Bertz CT molecular complexity index is 283. The van der Waals surface area contributed by atoms with E-state index in [-0.39, 0.29) is 11.5 Å². The van der Waals surface area contributed by atoms with E-state index in [9.17, 15) is 10.2 Å². The van der Waals surface area contributed by atoms with Gasteiger partial charge in [0.05, 0.1) is 6.10 Å². The van der Waals surface area contributed by atoms with Gasteiger partial charge in [-0.05, 0) is 18.1 Å². The maximum atomic E-state index is 9.36. The van der Waals surface area contributed by atoms with Crippen LogP contribution < -0.4 is 0 Å². The van der Waals surface area contributed by atoms with Crippen LogP contribution in [0.1, 0.15) is 18.9 Å². The molecule has 3 heteroatoms. The number of hydrogen-bond acceptors (Lipinski definition) is 3. The van der Waals surface area contributed by atoms with Gasteiger partial charge < -0.3 is 15.3 Å². The Morgan fingerprint density at radius 1 is 1.31 bits per heavy atom. The lowest BCUT2D eigenvalue weighted by molar-refractivity contribution is 0.169. The van der Waals surface area contributed by atoms with E-state index in [0.29, 0.717) is 18.4 Å². The van der Waals surface area contributed by atoms with Crippen LogP contribution in [0.4, 0.5) is 0 Å². The second-order valence-corrected chi connectivity index (χ2v) is 3.08. The summed E-state index contributed by atoms with van der Waals surface area (Å²) in [7, 11) is 0. The van der Waals surface area contributed by atoms with Gasteiger partial charge in [0, 0.05) is 12.5 Å². The molecule has 0 aliphatic heterocycles. The fraction of sp³-hybridized carbons (Fsp3) is 0.400. The highest BCUT2D eigenvalue weighted by Gasteiger charge is 2.07. The third kappa shape index (κ3) is 2.63. The topological polar surface area (TPSA) is 60.7 Å². The summed E-state index contributed by atoms with van der Waals surface area (Å²) >= 11 is 0. The molecule has 3 nitrogen and oxygen atoms in total. The lowest BCUT2D eigenvalue weighted by Crippen LogP contribution is -2.08. The highest BCUT2D eigenvalue weighted by molar-refractivity contribution is 5.39. The van der Waals surface area contributed by atoms with Gasteiger partial charge in [-0.25, -0.2) is 0 Å². The SMILES string of the molecule is CCC(O)Cc1ccc(O)cc1O. The fourth-order valence-corrected chi connectivity index (χ4v) is 1.12. The van der Waals surface area contributed by atoms with E-state index in [0.717, 1.165) is 0 Å². The molecule has 0 radical (unpaired) electrons. The summed E-state index contributed by atoms with van der Waals surface area (Å²) in [6, 6.07) is 4.39. The lowest BCUT2D eigenvalue weighted by atomic mass is 10.1. The summed E-state index contributed by atoms with van der Waals surface area (Å²) in [6.07, 6.45) is 0.638. The molecule has 0 bridgehead atoms. The predicted octanol–water partition coefficient (Wildman–Crippen LogP) is 1.41. The smallest absolute Gasteiger partial charge is 0.122 e. The molecule has 0 fully saturated rings. The minimum Gasteiger partial charge on any atom is -0.508 e. The Morgan fingerprint density at radius 3 is 2.54 bits per heavy atom. The fourth-order valence-electron chi connectivity index (χ4n) is 1.12. The van der Waals surface area contributed by atoms with Crippen LogP contribution in [0.3, 0.4) is 0 Å². The molecule has 1 rings (SSSR count). The van der Waals surface area contributed by atoms with Crippen molar-refractivity contribution < 1.29 is 15.3 Å². The van der Waals surface area contributed by atoms with Crippen molar-refractivity contribution in [1.82, 2.24) is 0 Å². The Kier molecular flexibility index (Phi) is 3.14. The van der Waals surface area contributed by atoms with Gasteiger partial charge in [-0.1, -0.05) is 13.0 Å². The largest absolute Gasteiger partial charge is 0.508 e. The average Bonchev–Trinajstić information content (AvgIpc) is 2.09. The van der Waals surface area contributed by atoms with Crippen LogP contribution in [0.25, 0.3) is 0 Å². The zero-order valence-corrected chi connectivity index (χ0v) is 7.57. The molecule has 13 heavy (non-hydrogen) atoms. The minimum atomic E-state index is -0.435. The second kappa shape index (κ2) is 4.14. The van der Waals surface area contributed by atoms with Crippen molar-refractivity contribution in [3.8, 4) is 11.5 Å². The van der Waals surface area contributed by atoms with Crippen LogP contribution in [0, 0.1) is 0 Å². The first-order valence-corrected chi connectivity index (χ1v) is 4.32. The number of phenols is 2. The summed E-state index contributed by atoms with van der Waals surface area (Å²) in [5.41, 5.74) is 0.659. The highest BCUT2D eigenvalue weighted by Crippen LogP contribution is 2.23. The van der Waals surface area contributed by atoms with E-state index in [1.54, 1.807) is 6.07 Å². The first kappa shape index (κ1) is 9.86. The molecule has 3 N–H and O–H groups in total. The third-order valence-electron chi connectivity index (χ3n) is 2.00. The maximum absolute atomic E-state index is 9.36. The zero-order chi connectivity index (χ0) is 9.84. The number of benzene rings is 1. The molecule has 0 aliphatic carbocycles. The van der Waals surface area contributed by atoms with Gasteiger partial charge in [-0.15, -0.1) is 0 Å². The molecule has 1 unspecified atom stereocenters. The van der Waals surface area contributed by atoms with Crippen LogP contribution in [-0.2, 0) is 6.42 Å². The normalized spacial score (nSPS) is 12.8. The summed E-state index contributed by atoms with van der Waals surface area (Å²) in [5, 5.41) is 27.7. The molecule has 72 valence electrons. The van der Waals surface area contributed by atoms with Gasteiger partial charge in [0.25, 0.3) is 0 Å². The average molecular weight is 182 g/mol. The van der Waals surface area contributed by atoms with Crippen molar-refractivity contribution >= 4 is 0 Å². The number of rotatable bonds is 3. The van der Waals surface area contributed by atoms with E-state index in [1.165, 1.54) is 12.1 Å². The molecule has 0 spiro atoms. The molecular weight excluding hydrogens is 168 g/mol. The van der Waals surface area contributed by atoms with Crippen molar-refractivity contribution in [2.45, 2.75) is 25.9 Å². The molecule has 0 amide bonds. The van der Waals surface area contributed by atoms with Crippen molar-refractivity contribution in [3.05, 3.63) is 23.8 Å². The Morgan fingerprint density at radius 2 is 2.00 bits per heavy atom. The number of hydrogen-bond donors (Lipinski definition) is 3. The maximum Gasteiger partial charge on any atom is 0.122 e. The summed E-state index contributed by atoms with van der Waals surface area (Å²) in [6.45, 7) is 1.88. The molecular formula is C10H14O3. The number of aliphatic hydroxyl groups is 1. The van der Waals surface area contributed by atoms with Crippen LogP contribution in [0.2, 0.25) is 0 Å². The van der Waals surface area contributed by atoms with Crippen molar-refractivity contribution in [3.63, 3.8) is 0 Å². The van der Waals surface area contributed by atoms with Crippen molar-refractivity contribution in [2.75, 3.05) is 0 Å². The summed E-state index contributed by atoms with van der Waals surface area (Å²) in [4.78, 5) is 0. The van der Waals surface area contributed by atoms with E-state index in [1.807, 2.05) is 6.92 Å². The molecule has 0 saturated heterocycles. The standard InChI is InChI=1S/C10H14O3/c1-2-8(11)5-7-3-4-9(12)6-10(7)13/h3-4,6,8,11-13H,2,5H2,1H3. The number of aliphatic hydroxyl groups excluding tert-OH is 1. The Labute approximate surface area is 77.3 Å². The number of phenolic OH excluding ortho intramolecular Hbond substituents is 2. The van der Waals surface area contributed by atoms with Gasteiger partial charge in [0.1, 0.15) is 11.5 Å². The molecule has 0 aromatic heterocycles. The summed E-state index contributed by atoms with van der Waals surface area (Å²) < 4.78 is 0. The molecule has 1 aromatic rings. The first-order valence-electron chi connectivity index (χ1n) is 4.32. The van der Waals surface area contributed by atoms with Gasteiger partial charge in [0.2, 0.25) is 0 Å². The molecule has 0 heterocycles. The van der Waals surface area contributed by atoms with Gasteiger partial charge in [0.15, 0.2) is 0 Å². The van der Waals surface area contributed by atoms with Gasteiger partial charge in [-0.3, -0.25) is 0 Å². The van der Waals surface area contributed by atoms with Crippen LogP contribution in [-0.4, -0.2) is 21.4 Å². The zero-order valence-electron chi connectivity index (χ0n) is 7.57. The highest BCUT2D eigenvalue weighted by atomic mass is 16.3. The number of aromatic hydroxyl groups is 2. The summed E-state index contributed by atoms with van der Waals surface area (Å²) in [5.74, 6) is 0.0692. The monoisotopic (exact) mass is 182 g/mol. The third-order valence-corrected chi connectivity index (χ3v) is 2.00. The van der Waals surface area contributed by atoms with Crippen LogP contribution in [0.5, 0.6) is 11.5 Å². The van der Waals surface area contributed by atoms with Gasteiger partial charge >= 0.3 is 0 Å². The first-order chi connectivity index (χ1) is 6.13. The Hall–Kier alpha value is -1.22. The molecule has 0 saturated carbocycles. The van der Waals surface area contributed by atoms with Gasteiger partial charge in [-0.2, -0.15) is 0 Å². The van der Waals surface area contributed by atoms with Crippen LogP contribution >= 0.6 is 0 Å². The molecule has 1 atom stereocenters. The van der Waals surface area contributed by atoms with E-state index in [2.05, 4.69) is 0 Å². The van der Waals surface area contributed by atoms with E-state index < -0.39 is 6.10 Å². The molecule has 1 aromatic carbocycles. The Balaban J connectivity index is 2.77. The van der Waals surface area contributed by atoms with E-state index in [4.69, 9.17) is 5.11 Å². The van der Waals surface area contributed by atoms with Crippen molar-refractivity contribution in [2.24, 2.45) is 0 Å². The van der Waals surface area contributed by atoms with E-state index >= 15 is 0 Å². The minimum absolute atomic E-state index is 0.0345. The molecule has 0 aliphatic rings. The van der Waals surface area contributed by atoms with Crippen LogP contribution in [0.15, 0.2) is 18.2 Å². The predicted molar refractivity (Wildman–Crippen MR) is 49.8 cm³/mol. The quantitative estimate of drug-likeness (QED) is 0.662. The van der Waals surface area contributed by atoms with Crippen molar-refractivity contribution in [1.29, 1.82) is 0 Å².